The number of hydrogen-bond donors (Lipinski definition) is 1. The van der Waals surface area contributed by atoms with E-state index in [2.05, 4.69) is 66.4 Å². The Balaban J connectivity index is 1.52. The monoisotopic (exact) mass is 541 g/mol. The fourth-order valence-corrected chi connectivity index (χ4v) is 4.88. The van der Waals surface area contributed by atoms with Crippen LogP contribution in [0.3, 0.4) is 0 Å². The molecule has 5 nitrogen and oxygen atoms in total. The van der Waals surface area contributed by atoms with Gasteiger partial charge in [0.05, 0.1) is 6.54 Å². The number of carboxylic acids is 1. The molecule has 4 rings (SSSR count). The van der Waals surface area contributed by atoms with Gasteiger partial charge in [0.25, 0.3) is 0 Å². The third kappa shape index (κ3) is 8.68. The van der Waals surface area contributed by atoms with E-state index >= 15 is 0 Å². The number of benzene rings is 3. The Morgan fingerprint density at radius 2 is 1.74 bits per heavy atom. The highest BCUT2D eigenvalue weighted by Crippen LogP contribution is 2.39. The minimum absolute atomic E-state index is 0.378. The van der Waals surface area contributed by atoms with Crippen molar-refractivity contribution in [1.29, 1.82) is 0 Å². The summed E-state index contributed by atoms with van der Waals surface area (Å²) in [6, 6.07) is 22.5. The minimum Gasteiger partial charge on any atom is -0.489 e. The topological polar surface area (TPSA) is 59.0 Å². The number of hydrogen-bond acceptors (Lipinski definition) is 5. The van der Waals surface area contributed by atoms with Gasteiger partial charge >= 0.3 is 5.97 Å². The zero-order valence-corrected chi connectivity index (χ0v) is 23.8. The lowest BCUT2D eigenvalue weighted by Crippen LogP contribution is -2.23. The molecule has 0 aliphatic heterocycles. The van der Waals surface area contributed by atoms with Gasteiger partial charge in [-0.15, -0.1) is 11.8 Å². The first kappa shape index (κ1) is 28.4. The van der Waals surface area contributed by atoms with Gasteiger partial charge in [0.15, 0.2) is 6.10 Å². The summed E-state index contributed by atoms with van der Waals surface area (Å²) in [5, 5.41) is 9.88. The highest BCUT2D eigenvalue weighted by molar-refractivity contribution is 8.00. The summed E-state index contributed by atoms with van der Waals surface area (Å²) in [5.74, 6) is 6.64. The predicted molar refractivity (Wildman–Crippen MR) is 159 cm³/mol. The number of aryl methyl sites for hydroxylation is 1. The standard InChI is InChI=1S/C33H35NO4S/c1-23-22-28(13-18-32(23)38-24(2)33(35)36)37-21-19-31(27-11-14-29(15-12-27)39-30-16-17-30)26-9-7-25(8-10-26)6-5-20-34(3)4/h7-15,18-19,22,24,30H,16-17,20-21H2,1-4H3,(H,35,36). The number of aliphatic carboxylic acids is 1. The largest absolute Gasteiger partial charge is 0.489 e. The molecule has 1 fully saturated rings. The average molecular weight is 542 g/mol. The van der Waals surface area contributed by atoms with Crippen molar-refractivity contribution in [2.45, 2.75) is 42.9 Å². The molecule has 1 aliphatic rings. The van der Waals surface area contributed by atoms with Crippen LogP contribution in [0, 0.1) is 18.8 Å². The molecule has 1 saturated carbocycles. The SMILES string of the molecule is Cc1cc(OCC=C(c2ccc(C#CCN(C)C)cc2)c2ccc(SC3CC3)cc2)ccc1OC(C)C(=O)O. The second kappa shape index (κ2) is 13.4. The number of carboxylic acid groups (broad SMARTS) is 1. The van der Waals surface area contributed by atoms with Crippen LogP contribution in [-0.4, -0.2) is 54.6 Å². The van der Waals surface area contributed by atoms with Crippen molar-refractivity contribution >= 4 is 23.3 Å². The lowest BCUT2D eigenvalue weighted by molar-refractivity contribution is -0.144. The first-order valence-corrected chi connectivity index (χ1v) is 14.0. The van der Waals surface area contributed by atoms with Gasteiger partial charge in [-0.05, 0) is 112 Å². The van der Waals surface area contributed by atoms with E-state index in [1.807, 2.05) is 43.7 Å². The van der Waals surface area contributed by atoms with E-state index in [-0.39, 0.29) is 0 Å². The molecule has 0 radical (unpaired) electrons. The maximum atomic E-state index is 11.1. The molecular formula is C33H35NO4S. The molecule has 6 heteroatoms. The van der Waals surface area contributed by atoms with Crippen molar-refractivity contribution in [2.24, 2.45) is 0 Å². The summed E-state index contributed by atoms with van der Waals surface area (Å²) >= 11 is 1.95. The summed E-state index contributed by atoms with van der Waals surface area (Å²) in [6.07, 6.45) is 3.80. The Labute approximate surface area is 235 Å². The van der Waals surface area contributed by atoms with Crippen molar-refractivity contribution in [1.82, 2.24) is 4.90 Å². The number of nitrogens with zero attached hydrogens (tertiary/aromatic N) is 1. The quantitative estimate of drug-likeness (QED) is 0.279. The van der Waals surface area contributed by atoms with Crippen molar-refractivity contribution in [3.63, 3.8) is 0 Å². The number of carbonyl (C=O) groups is 1. The molecule has 1 N–H and O–H groups in total. The van der Waals surface area contributed by atoms with Crippen molar-refractivity contribution in [2.75, 3.05) is 27.2 Å². The van der Waals surface area contributed by atoms with Gasteiger partial charge in [0, 0.05) is 15.7 Å². The Morgan fingerprint density at radius 3 is 2.33 bits per heavy atom. The first-order chi connectivity index (χ1) is 18.8. The van der Waals surface area contributed by atoms with Gasteiger partial charge < -0.3 is 14.6 Å². The molecule has 0 spiro atoms. The molecule has 0 amide bonds. The predicted octanol–water partition coefficient (Wildman–Crippen LogP) is 6.53. The first-order valence-electron chi connectivity index (χ1n) is 13.1. The van der Waals surface area contributed by atoms with Gasteiger partial charge in [0.2, 0.25) is 0 Å². The Kier molecular flexibility index (Phi) is 9.75. The summed E-state index contributed by atoms with van der Waals surface area (Å²) in [4.78, 5) is 14.5. The van der Waals surface area contributed by atoms with E-state index in [0.29, 0.717) is 18.1 Å². The second-order valence-corrected chi connectivity index (χ2v) is 11.3. The number of rotatable bonds is 11. The lowest BCUT2D eigenvalue weighted by Gasteiger charge is -2.14. The molecule has 0 heterocycles. The molecule has 202 valence electrons. The normalized spacial score (nSPS) is 13.9. The van der Waals surface area contributed by atoms with E-state index in [4.69, 9.17) is 14.6 Å². The van der Waals surface area contributed by atoms with Crippen LogP contribution in [-0.2, 0) is 4.79 Å². The highest BCUT2D eigenvalue weighted by Gasteiger charge is 2.22. The molecule has 1 unspecified atom stereocenters. The van der Waals surface area contributed by atoms with Gasteiger partial charge in [-0.3, -0.25) is 4.90 Å². The third-order valence-electron chi connectivity index (χ3n) is 6.15. The van der Waals surface area contributed by atoms with Crippen LogP contribution >= 0.6 is 11.8 Å². The Morgan fingerprint density at radius 1 is 1.08 bits per heavy atom. The summed E-state index contributed by atoms with van der Waals surface area (Å²) < 4.78 is 11.6. The van der Waals surface area contributed by atoms with E-state index in [1.165, 1.54) is 24.7 Å². The smallest absolute Gasteiger partial charge is 0.344 e. The average Bonchev–Trinajstić information content (AvgIpc) is 3.73. The van der Waals surface area contributed by atoms with Crippen LogP contribution in [0.2, 0.25) is 0 Å². The van der Waals surface area contributed by atoms with E-state index in [9.17, 15) is 4.79 Å². The molecule has 3 aromatic carbocycles. The van der Waals surface area contributed by atoms with E-state index in [1.54, 1.807) is 12.1 Å². The third-order valence-corrected chi connectivity index (χ3v) is 7.50. The second-order valence-electron chi connectivity index (χ2n) is 9.91. The maximum absolute atomic E-state index is 11.1. The molecule has 3 aromatic rings. The number of thioether (sulfide) groups is 1. The fourth-order valence-electron chi connectivity index (χ4n) is 3.83. The molecular weight excluding hydrogens is 506 g/mol. The van der Waals surface area contributed by atoms with Crippen LogP contribution in [0.5, 0.6) is 11.5 Å². The summed E-state index contributed by atoms with van der Waals surface area (Å²) in [7, 11) is 4.02. The van der Waals surface area contributed by atoms with Crippen LogP contribution in [0.4, 0.5) is 0 Å². The molecule has 39 heavy (non-hydrogen) atoms. The van der Waals surface area contributed by atoms with Crippen LogP contribution in [0.15, 0.2) is 77.7 Å². The molecule has 1 aliphatic carbocycles. The fraction of sp³-hybridized carbons (Fsp3) is 0.303. The molecule has 0 aromatic heterocycles. The Bertz CT molecular complexity index is 1360. The number of ether oxygens (including phenoxy) is 2. The van der Waals surface area contributed by atoms with Crippen molar-refractivity contribution in [3.8, 4) is 23.3 Å². The highest BCUT2D eigenvalue weighted by atomic mass is 32.2. The van der Waals surface area contributed by atoms with E-state index in [0.717, 1.165) is 39.6 Å². The lowest BCUT2D eigenvalue weighted by atomic mass is 9.97. The zero-order valence-electron chi connectivity index (χ0n) is 22.9. The van der Waals surface area contributed by atoms with Gasteiger partial charge in [-0.2, -0.15) is 0 Å². The van der Waals surface area contributed by atoms with Gasteiger partial charge in [0.1, 0.15) is 18.1 Å². The molecule has 0 saturated heterocycles. The van der Waals surface area contributed by atoms with Gasteiger partial charge in [-0.1, -0.05) is 36.1 Å². The summed E-state index contributed by atoms with van der Waals surface area (Å²) in [6.45, 7) is 4.49. The molecule has 0 bridgehead atoms. The van der Waals surface area contributed by atoms with Crippen LogP contribution < -0.4 is 9.47 Å². The zero-order chi connectivity index (χ0) is 27.8. The molecule has 1 atom stereocenters. The maximum Gasteiger partial charge on any atom is 0.344 e. The Hall–Kier alpha value is -3.66. The van der Waals surface area contributed by atoms with Crippen LogP contribution in [0.25, 0.3) is 5.57 Å². The van der Waals surface area contributed by atoms with E-state index < -0.39 is 12.1 Å². The minimum atomic E-state index is -1.000. The van der Waals surface area contributed by atoms with Gasteiger partial charge in [-0.25, -0.2) is 4.79 Å². The van der Waals surface area contributed by atoms with Crippen LogP contribution in [0.1, 0.15) is 42.0 Å². The van der Waals surface area contributed by atoms with Crippen molar-refractivity contribution < 1.29 is 19.4 Å². The van der Waals surface area contributed by atoms with Crippen molar-refractivity contribution in [3.05, 3.63) is 95.1 Å². The summed E-state index contributed by atoms with van der Waals surface area (Å²) in [5.41, 5.74) is 5.13.